The number of primary amides is 1. The molecule has 0 radical (unpaired) electrons. The lowest BCUT2D eigenvalue weighted by atomic mass is 9.85. The number of rotatable bonds is 6. The van der Waals surface area contributed by atoms with Gasteiger partial charge in [0.1, 0.15) is 6.61 Å². The molecule has 0 bridgehead atoms. The van der Waals surface area contributed by atoms with Crippen LogP contribution in [0.4, 0.5) is 18.0 Å². The second-order valence-electron chi connectivity index (χ2n) is 9.80. The number of nitrogens with zero attached hydrogens (tertiary/aromatic N) is 2. The number of hydrogen-bond donors (Lipinski definition) is 3. The highest BCUT2D eigenvalue weighted by molar-refractivity contribution is 6.07. The minimum absolute atomic E-state index is 0.00749. The second kappa shape index (κ2) is 13.2. The molecule has 224 valence electrons. The van der Waals surface area contributed by atoms with Crippen molar-refractivity contribution in [3.05, 3.63) is 106 Å². The van der Waals surface area contributed by atoms with Crippen molar-refractivity contribution in [1.82, 2.24) is 10.2 Å². The molecule has 10 nitrogen and oxygen atoms in total. The van der Waals surface area contributed by atoms with Crippen LogP contribution in [-0.4, -0.2) is 47.8 Å². The van der Waals surface area contributed by atoms with E-state index in [-0.39, 0.29) is 55.1 Å². The number of carbonyl (C=O) groups is 4. The molecule has 1 saturated heterocycles. The summed E-state index contributed by atoms with van der Waals surface area (Å²) in [4.78, 5) is 53.6. The number of halogens is 3. The van der Waals surface area contributed by atoms with Crippen LogP contribution in [0.25, 0.3) is 0 Å². The number of carbonyl (C=O) groups excluding carboxylic acids is 4. The SMILES string of the molecule is NC(=O)c1ccc(C(=O)N2CCC(c3ccc(C(=O)N/C(N)=N\C(=O)OCc4ccccc4)cc3C(F)(F)F)CC2)cc1. The predicted molar refractivity (Wildman–Crippen MR) is 150 cm³/mol. The highest BCUT2D eigenvalue weighted by Gasteiger charge is 2.37. The van der Waals surface area contributed by atoms with E-state index in [9.17, 15) is 32.3 Å². The highest BCUT2D eigenvalue weighted by Crippen LogP contribution is 2.39. The molecule has 3 aromatic carbocycles. The highest BCUT2D eigenvalue weighted by atomic mass is 19.4. The molecule has 0 aliphatic carbocycles. The number of likely N-dealkylation sites (tertiary alicyclic amines) is 1. The summed E-state index contributed by atoms with van der Waals surface area (Å²) in [6.07, 6.45) is -5.31. The molecule has 0 saturated carbocycles. The Labute approximate surface area is 244 Å². The van der Waals surface area contributed by atoms with Gasteiger partial charge in [-0.3, -0.25) is 19.7 Å². The Balaban J connectivity index is 1.40. The van der Waals surface area contributed by atoms with Crippen molar-refractivity contribution >= 4 is 29.8 Å². The molecule has 4 amide bonds. The molecule has 1 heterocycles. The molecular formula is C30H28F3N5O5. The fourth-order valence-corrected chi connectivity index (χ4v) is 4.72. The van der Waals surface area contributed by atoms with Crippen molar-refractivity contribution < 1.29 is 37.1 Å². The molecule has 5 N–H and O–H groups in total. The van der Waals surface area contributed by atoms with Crippen LogP contribution in [0.1, 0.15) is 66.5 Å². The van der Waals surface area contributed by atoms with Gasteiger partial charge in [-0.2, -0.15) is 13.2 Å². The minimum atomic E-state index is -4.76. The monoisotopic (exact) mass is 595 g/mol. The van der Waals surface area contributed by atoms with Gasteiger partial charge in [0.05, 0.1) is 5.56 Å². The van der Waals surface area contributed by atoms with Gasteiger partial charge in [0, 0.05) is 29.8 Å². The van der Waals surface area contributed by atoms with Gasteiger partial charge < -0.3 is 21.1 Å². The summed E-state index contributed by atoms with van der Waals surface area (Å²) >= 11 is 0. The van der Waals surface area contributed by atoms with E-state index < -0.39 is 41.5 Å². The largest absolute Gasteiger partial charge is 0.443 e. The molecule has 1 aliphatic rings. The van der Waals surface area contributed by atoms with Crippen molar-refractivity contribution in [2.75, 3.05) is 13.1 Å². The van der Waals surface area contributed by atoms with E-state index in [1.807, 2.05) is 0 Å². The maximum Gasteiger partial charge on any atom is 0.437 e. The summed E-state index contributed by atoms with van der Waals surface area (Å²) in [5, 5.41) is 2.10. The normalized spacial score (nSPS) is 14.2. The summed E-state index contributed by atoms with van der Waals surface area (Å²) in [6, 6.07) is 17.8. The summed E-state index contributed by atoms with van der Waals surface area (Å²) in [6.45, 7) is 0.347. The number of benzene rings is 3. The number of hydrogen-bond acceptors (Lipinski definition) is 5. The Kier molecular flexibility index (Phi) is 9.43. The number of amides is 4. The first-order chi connectivity index (χ1) is 20.4. The van der Waals surface area contributed by atoms with Crippen LogP contribution in [0.15, 0.2) is 77.8 Å². The Bertz CT molecular complexity index is 1530. The first kappa shape index (κ1) is 30.8. The van der Waals surface area contributed by atoms with E-state index in [0.29, 0.717) is 11.1 Å². The molecule has 0 atom stereocenters. The zero-order valence-corrected chi connectivity index (χ0v) is 22.8. The zero-order valence-electron chi connectivity index (χ0n) is 22.8. The summed E-state index contributed by atoms with van der Waals surface area (Å²) < 4.78 is 47.2. The van der Waals surface area contributed by atoms with Crippen LogP contribution in [-0.2, 0) is 17.5 Å². The third-order valence-corrected chi connectivity index (χ3v) is 6.92. The number of nitrogens with one attached hydrogen (secondary N) is 1. The van der Waals surface area contributed by atoms with E-state index in [4.69, 9.17) is 16.2 Å². The molecule has 4 rings (SSSR count). The van der Waals surface area contributed by atoms with Gasteiger partial charge >= 0.3 is 12.3 Å². The first-order valence-corrected chi connectivity index (χ1v) is 13.2. The average Bonchev–Trinajstić information content (AvgIpc) is 2.99. The van der Waals surface area contributed by atoms with Crippen LogP contribution in [0.2, 0.25) is 0 Å². The lowest BCUT2D eigenvalue weighted by Crippen LogP contribution is -2.38. The number of aliphatic imine (C=N–C) groups is 1. The second-order valence-corrected chi connectivity index (χ2v) is 9.80. The number of guanidine groups is 1. The van der Waals surface area contributed by atoms with E-state index in [1.54, 1.807) is 30.3 Å². The van der Waals surface area contributed by atoms with Gasteiger partial charge in [-0.05, 0) is 66.3 Å². The fourth-order valence-electron chi connectivity index (χ4n) is 4.72. The lowest BCUT2D eigenvalue weighted by molar-refractivity contribution is -0.138. The molecule has 1 fully saturated rings. The Morgan fingerprint density at radius 1 is 0.884 bits per heavy atom. The molecule has 1 aliphatic heterocycles. The van der Waals surface area contributed by atoms with Gasteiger partial charge in [-0.25, -0.2) is 4.79 Å². The van der Waals surface area contributed by atoms with Crippen molar-refractivity contribution in [1.29, 1.82) is 0 Å². The van der Waals surface area contributed by atoms with Crippen LogP contribution < -0.4 is 16.8 Å². The third kappa shape index (κ3) is 7.97. The van der Waals surface area contributed by atoms with Crippen LogP contribution >= 0.6 is 0 Å². The topological polar surface area (TPSA) is 157 Å². The lowest BCUT2D eigenvalue weighted by Gasteiger charge is -2.33. The third-order valence-electron chi connectivity index (χ3n) is 6.92. The zero-order chi connectivity index (χ0) is 31.1. The molecule has 0 unspecified atom stereocenters. The Morgan fingerprint density at radius 3 is 2.09 bits per heavy atom. The van der Waals surface area contributed by atoms with Gasteiger partial charge in [0.2, 0.25) is 11.9 Å². The van der Waals surface area contributed by atoms with E-state index in [1.165, 1.54) is 41.3 Å². The smallest absolute Gasteiger partial charge is 0.437 e. The standard InChI is InChI=1S/C30H28F3N5O5/c31-30(32,33)24-16-22(26(40)36-28(35)37-29(42)43-17-18-4-2-1-3-5-18)10-11-23(24)19-12-14-38(15-13-19)27(41)21-8-6-20(7-9-21)25(34)39/h1-11,16,19H,12-15,17H2,(H2,34,39)(H3,35,36,37,40,42). The van der Waals surface area contributed by atoms with Crippen LogP contribution in [0.5, 0.6) is 0 Å². The van der Waals surface area contributed by atoms with Crippen LogP contribution in [0.3, 0.4) is 0 Å². The number of ether oxygens (including phenoxy) is 1. The summed E-state index contributed by atoms with van der Waals surface area (Å²) in [5.41, 5.74) is 10.8. The van der Waals surface area contributed by atoms with Gasteiger partial charge in [-0.15, -0.1) is 4.99 Å². The molecule has 0 aromatic heterocycles. The molecular weight excluding hydrogens is 567 g/mol. The molecule has 43 heavy (non-hydrogen) atoms. The quantitative estimate of drug-likeness (QED) is 0.286. The van der Waals surface area contributed by atoms with E-state index in [2.05, 4.69) is 10.3 Å². The van der Waals surface area contributed by atoms with E-state index in [0.717, 1.165) is 6.07 Å². The molecule has 13 heteroatoms. The van der Waals surface area contributed by atoms with Crippen molar-refractivity contribution in [3.8, 4) is 0 Å². The van der Waals surface area contributed by atoms with Gasteiger partial charge in [-0.1, -0.05) is 36.4 Å². The minimum Gasteiger partial charge on any atom is -0.443 e. The predicted octanol–water partition coefficient (Wildman–Crippen LogP) is 4.21. The van der Waals surface area contributed by atoms with Gasteiger partial charge in [0.15, 0.2) is 0 Å². The van der Waals surface area contributed by atoms with Crippen molar-refractivity contribution in [2.24, 2.45) is 16.5 Å². The molecule has 3 aromatic rings. The first-order valence-electron chi connectivity index (χ1n) is 13.2. The van der Waals surface area contributed by atoms with Crippen molar-refractivity contribution in [3.63, 3.8) is 0 Å². The number of piperidine rings is 1. The summed E-state index contributed by atoms with van der Waals surface area (Å²) in [7, 11) is 0. The van der Waals surface area contributed by atoms with Gasteiger partial charge in [0.25, 0.3) is 11.8 Å². The Hall–Kier alpha value is -5.20. The number of nitrogens with two attached hydrogens (primary N) is 2. The average molecular weight is 596 g/mol. The number of alkyl halides is 3. The van der Waals surface area contributed by atoms with E-state index >= 15 is 0 Å². The maximum absolute atomic E-state index is 14.1. The molecule has 0 spiro atoms. The summed E-state index contributed by atoms with van der Waals surface area (Å²) in [5.74, 6) is -3.07. The maximum atomic E-state index is 14.1. The fraction of sp³-hybridized carbons (Fsp3) is 0.233. The van der Waals surface area contributed by atoms with Crippen molar-refractivity contribution in [2.45, 2.75) is 31.5 Å². The Morgan fingerprint density at radius 2 is 1.49 bits per heavy atom. The van der Waals surface area contributed by atoms with Crippen LogP contribution in [0, 0.1) is 0 Å².